The minimum Gasteiger partial charge on any atom is -0.383 e. The molecule has 0 fully saturated rings. The molecule has 0 amide bonds. The van der Waals surface area contributed by atoms with Crippen LogP contribution in [0.3, 0.4) is 0 Å². The second-order valence-electron chi connectivity index (χ2n) is 4.05. The molecule has 1 unspecified atom stereocenters. The molecule has 0 radical (unpaired) electrons. The maximum atomic E-state index is 5.79. The van der Waals surface area contributed by atoms with Crippen molar-refractivity contribution in [2.24, 2.45) is 5.92 Å². The number of ether oxygens (including phenoxy) is 1. The summed E-state index contributed by atoms with van der Waals surface area (Å²) in [6.45, 7) is 4.81. The van der Waals surface area contributed by atoms with E-state index >= 15 is 0 Å². The molecule has 0 aromatic carbocycles. The first-order valence-electron chi connectivity index (χ1n) is 5.63. The van der Waals surface area contributed by atoms with Gasteiger partial charge < -0.3 is 15.8 Å². The molecule has 0 aliphatic heterocycles. The Bertz CT molecular complexity index is 304. The predicted molar refractivity (Wildman–Crippen MR) is 66.3 cm³/mol. The fourth-order valence-corrected chi connectivity index (χ4v) is 1.59. The van der Waals surface area contributed by atoms with Gasteiger partial charge in [0.1, 0.15) is 5.82 Å². The molecule has 0 aliphatic rings. The summed E-state index contributed by atoms with van der Waals surface area (Å²) in [6, 6.07) is 3.96. The highest BCUT2D eigenvalue weighted by Crippen LogP contribution is 2.12. The molecule has 1 heterocycles. The molecule has 1 rings (SSSR count). The van der Waals surface area contributed by atoms with E-state index in [1.807, 2.05) is 12.1 Å². The van der Waals surface area contributed by atoms with E-state index in [2.05, 4.69) is 17.2 Å². The molecule has 1 atom stereocenters. The van der Waals surface area contributed by atoms with Crippen LogP contribution in [0, 0.1) is 5.92 Å². The predicted octanol–water partition coefficient (Wildman–Crippen LogP) is 1.08. The van der Waals surface area contributed by atoms with Crippen molar-refractivity contribution in [3.05, 3.63) is 23.9 Å². The largest absolute Gasteiger partial charge is 0.383 e. The van der Waals surface area contributed by atoms with Crippen molar-refractivity contribution >= 4 is 5.82 Å². The molecule has 16 heavy (non-hydrogen) atoms. The zero-order valence-corrected chi connectivity index (χ0v) is 10.1. The summed E-state index contributed by atoms with van der Waals surface area (Å²) < 4.78 is 4.97. The van der Waals surface area contributed by atoms with Gasteiger partial charge in [-0.2, -0.15) is 0 Å². The summed E-state index contributed by atoms with van der Waals surface area (Å²) in [4.78, 5) is 4.08. The first kappa shape index (κ1) is 12.9. The third-order valence-electron chi connectivity index (χ3n) is 2.47. The van der Waals surface area contributed by atoms with Gasteiger partial charge in [-0.1, -0.05) is 13.0 Å². The Hall–Kier alpha value is -1.13. The van der Waals surface area contributed by atoms with Crippen molar-refractivity contribution in [3.8, 4) is 0 Å². The van der Waals surface area contributed by atoms with E-state index in [9.17, 15) is 0 Å². The van der Waals surface area contributed by atoms with Gasteiger partial charge in [-0.15, -0.1) is 0 Å². The quantitative estimate of drug-likeness (QED) is 0.679. The number of nitrogen functional groups attached to an aromatic ring is 1. The van der Waals surface area contributed by atoms with Crippen LogP contribution >= 0.6 is 0 Å². The first-order valence-corrected chi connectivity index (χ1v) is 5.63. The number of methoxy groups -OCH3 is 1. The summed E-state index contributed by atoms with van der Waals surface area (Å²) in [5, 5.41) is 3.34. The molecule has 90 valence electrons. The smallest absolute Gasteiger partial charge is 0.126 e. The Morgan fingerprint density at radius 1 is 1.56 bits per heavy atom. The average molecular weight is 223 g/mol. The van der Waals surface area contributed by atoms with Crippen molar-refractivity contribution < 1.29 is 4.74 Å². The Kier molecular flexibility index (Phi) is 5.82. The van der Waals surface area contributed by atoms with Gasteiger partial charge in [0.25, 0.3) is 0 Å². The number of hydrogen-bond donors (Lipinski definition) is 2. The fourth-order valence-electron chi connectivity index (χ4n) is 1.59. The maximum Gasteiger partial charge on any atom is 0.126 e. The number of pyridine rings is 1. The Labute approximate surface area is 97.2 Å². The number of nitrogens with two attached hydrogens (primary N) is 1. The molecule has 4 nitrogen and oxygen atoms in total. The van der Waals surface area contributed by atoms with Crippen molar-refractivity contribution in [1.29, 1.82) is 0 Å². The third-order valence-corrected chi connectivity index (χ3v) is 2.47. The summed E-state index contributed by atoms with van der Waals surface area (Å²) in [7, 11) is 1.71. The van der Waals surface area contributed by atoms with Crippen molar-refractivity contribution in [3.63, 3.8) is 0 Å². The highest BCUT2D eigenvalue weighted by molar-refractivity contribution is 5.38. The summed E-state index contributed by atoms with van der Waals surface area (Å²) in [5.74, 6) is 1.19. The lowest BCUT2D eigenvalue weighted by molar-refractivity contribution is 0.198. The molecule has 3 N–H and O–H groups in total. The van der Waals surface area contributed by atoms with Gasteiger partial charge in [0.15, 0.2) is 0 Å². The van der Waals surface area contributed by atoms with Crippen LogP contribution in [0.4, 0.5) is 5.82 Å². The first-order chi connectivity index (χ1) is 7.74. The average Bonchev–Trinajstić information content (AvgIpc) is 2.28. The zero-order chi connectivity index (χ0) is 11.8. The molecule has 0 aliphatic carbocycles. The molecular weight excluding hydrogens is 202 g/mol. The van der Waals surface area contributed by atoms with Crippen molar-refractivity contribution in [2.75, 3.05) is 32.5 Å². The lowest BCUT2D eigenvalue weighted by Gasteiger charge is -2.13. The number of nitrogens with zero attached hydrogens (tertiary/aromatic N) is 1. The van der Waals surface area contributed by atoms with Gasteiger partial charge in [0.2, 0.25) is 0 Å². The van der Waals surface area contributed by atoms with Gasteiger partial charge in [-0.05, 0) is 30.5 Å². The molecule has 1 aromatic heterocycles. The normalized spacial score (nSPS) is 12.6. The fraction of sp³-hybridized carbons (Fsp3) is 0.583. The minimum absolute atomic E-state index is 0.545. The van der Waals surface area contributed by atoms with Crippen LogP contribution < -0.4 is 11.1 Å². The van der Waals surface area contributed by atoms with E-state index in [0.717, 1.165) is 31.7 Å². The maximum absolute atomic E-state index is 5.79. The van der Waals surface area contributed by atoms with E-state index < -0.39 is 0 Å². The lowest BCUT2D eigenvalue weighted by atomic mass is 10.0. The van der Waals surface area contributed by atoms with Gasteiger partial charge in [0.05, 0.1) is 6.61 Å². The monoisotopic (exact) mass is 223 g/mol. The molecule has 0 saturated heterocycles. The van der Waals surface area contributed by atoms with Gasteiger partial charge in [0, 0.05) is 19.9 Å². The van der Waals surface area contributed by atoms with E-state index in [0.29, 0.717) is 11.7 Å². The van der Waals surface area contributed by atoms with Crippen LogP contribution in [0.2, 0.25) is 0 Å². The van der Waals surface area contributed by atoms with Crippen LogP contribution in [0.15, 0.2) is 18.3 Å². The molecule has 1 aromatic rings. The number of anilines is 1. The summed E-state index contributed by atoms with van der Waals surface area (Å²) >= 11 is 0. The Morgan fingerprint density at radius 3 is 3.06 bits per heavy atom. The van der Waals surface area contributed by atoms with Crippen LogP contribution in [-0.2, 0) is 11.2 Å². The van der Waals surface area contributed by atoms with Crippen LogP contribution in [0.1, 0.15) is 12.5 Å². The molecular formula is C12H21N3O. The Morgan fingerprint density at radius 2 is 2.38 bits per heavy atom. The van der Waals surface area contributed by atoms with Crippen LogP contribution in [-0.4, -0.2) is 31.8 Å². The molecule has 0 bridgehead atoms. The van der Waals surface area contributed by atoms with Gasteiger partial charge >= 0.3 is 0 Å². The van der Waals surface area contributed by atoms with Crippen LogP contribution in [0.5, 0.6) is 0 Å². The summed E-state index contributed by atoms with van der Waals surface area (Å²) in [6.07, 6.45) is 2.68. The SMILES string of the molecule is COCCNCC(C)Cc1cccnc1N. The third kappa shape index (κ3) is 4.59. The second kappa shape index (κ2) is 7.19. The minimum atomic E-state index is 0.545. The highest BCUT2D eigenvalue weighted by atomic mass is 16.5. The van der Waals surface area contributed by atoms with Crippen molar-refractivity contribution in [2.45, 2.75) is 13.3 Å². The van der Waals surface area contributed by atoms with E-state index in [1.54, 1.807) is 13.3 Å². The van der Waals surface area contributed by atoms with E-state index in [4.69, 9.17) is 10.5 Å². The van der Waals surface area contributed by atoms with E-state index in [-0.39, 0.29) is 0 Å². The Balaban J connectivity index is 2.28. The van der Waals surface area contributed by atoms with E-state index in [1.165, 1.54) is 0 Å². The molecule has 0 spiro atoms. The number of aromatic nitrogens is 1. The molecule has 4 heteroatoms. The number of nitrogens with one attached hydrogen (secondary N) is 1. The van der Waals surface area contributed by atoms with Crippen molar-refractivity contribution in [1.82, 2.24) is 10.3 Å². The second-order valence-corrected chi connectivity index (χ2v) is 4.05. The molecule has 0 saturated carbocycles. The number of rotatable bonds is 7. The van der Waals surface area contributed by atoms with Gasteiger partial charge in [-0.3, -0.25) is 0 Å². The summed E-state index contributed by atoms with van der Waals surface area (Å²) in [5.41, 5.74) is 6.92. The lowest BCUT2D eigenvalue weighted by Crippen LogP contribution is -2.26. The number of hydrogen-bond acceptors (Lipinski definition) is 4. The zero-order valence-electron chi connectivity index (χ0n) is 10.1. The van der Waals surface area contributed by atoms with Crippen LogP contribution in [0.25, 0.3) is 0 Å². The van der Waals surface area contributed by atoms with Gasteiger partial charge in [-0.25, -0.2) is 4.98 Å². The standard InChI is InChI=1S/C12H21N3O/c1-10(9-14-6-7-16-2)8-11-4-3-5-15-12(11)13/h3-5,10,14H,6-9H2,1-2H3,(H2,13,15). The highest BCUT2D eigenvalue weighted by Gasteiger charge is 2.06. The topological polar surface area (TPSA) is 60.2 Å².